The Balaban J connectivity index is 2.19. The van der Waals surface area contributed by atoms with Crippen LogP contribution in [-0.4, -0.2) is 58.7 Å². The first-order valence-corrected chi connectivity index (χ1v) is 4.16. The van der Waals surface area contributed by atoms with E-state index in [1.807, 2.05) is 0 Å². The van der Waals surface area contributed by atoms with Crippen LogP contribution in [0.5, 0.6) is 0 Å². The summed E-state index contributed by atoms with van der Waals surface area (Å²) in [4.78, 5) is 0. The molecule has 1 saturated heterocycles. The average Bonchev–Trinajstić information content (AvgIpc) is 2.59. The van der Waals surface area contributed by atoms with Crippen LogP contribution in [-0.2, 0) is 9.47 Å². The molecular formula is C7H13NO5. The third-order valence-corrected chi connectivity index (χ3v) is 2.66. The Bertz CT molecular complexity index is 181. The maximum atomic E-state index is 9.53. The van der Waals surface area contributed by atoms with E-state index in [9.17, 15) is 15.3 Å². The summed E-state index contributed by atoms with van der Waals surface area (Å²) in [5.41, 5.74) is 5.47. The molecule has 0 radical (unpaired) electrons. The Kier molecular flexibility index (Phi) is 2.26. The van der Waals surface area contributed by atoms with Crippen molar-refractivity contribution in [2.45, 2.75) is 36.6 Å². The fourth-order valence-electron chi connectivity index (χ4n) is 1.82. The summed E-state index contributed by atoms with van der Waals surface area (Å²) in [6.45, 7) is 0.0168. The highest BCUT2D eigenvalue weighted by Crippen LogP contribution is 2.28. The number of aliphatic hydroxyl groups excluding tert-OH is 3. The quantitative estimate of drug-likeness (QED) is 0.328. The molecule has 13 heavy (non-hydrogen) atoms. The van der Waals surface area contributed by atoms with Crippen LogP contribution in [0, 0.1) is 0 Å². The van der Waals surface area contributed by atoms with Crippen LogP contribution >= 0.6 is 0 Å². The molecule has 1 heterocycles. The van der Waals surface area contributed by atoms with Crippen molar-refractivity contribution in [1.29, 1.82) is 0 Å². The molecule has 0 aromatic carbocycles. The minimum absolute atomic E-state index is 0.0168. The van der Waals surface area contributed by atoms with Crippen molar-refractivity contribution in [3.63, 3.8) is 0 Å². The molecule has 0 spiro atoms. The fraction of sp³-hybridized carbons (Fsp3) is 1.00. The normalized spacial score (nSPS) is 56.3. The molecule has 5 N–H and O–H groups in total. The van der Waals surface area contributed by atoms with E-state index >= 15 is 0 Å². The van der Waals surface area contributed by atoms with Crippen LogP contribution in [0.15, 0.2) is 0 Å². The van der Waals surface area contributed by atoms with Gasteiger partial charge in [0.25, 0.3) is 0 Å². The number of nitrogens with two attached hydrogens (primary N) is 1. The highest BCUT2D eigenvalue weighted by molar-refractivity contribution is 5.03. The molecule has 1 saturated carbocycles. The van der Waals surface area contributed by atoms with E-state index in [1.165, 1.54) is 0 Å². The summed E-state index contributed by atoms with van der Waals surface area (Å²) in [6, 6.07) is -0.891. The molecular weight excluding hydrogens is 178 g/mol. The highest BCUT2D eigenvalue weighted by atomic mass is 16.7. The second-order valence-electron chi connectivity index (χ2n) is 3.43. The van der Waals surface area contributed by atoms with Crippen molar-refractivity contribution in [3.8, 4) is 0 Å². The Hall–Kier alpha value is -0.240. The van der Waals surface area contributed by atoms with Gasteiger partial charge in [0.15, 0.2) is 0 Å². The molecule has 0 bridgehead atoms. The van der Waals surface area contributed by atoms with E-state index in [2.05, 4.69) is 0 Å². The minimum Gasteiger partial charge on any atom is -0.389 e. The van der Waals surface area contributed by atoms with Gasteiger partial charge in [-0.05, 0) is 0 Å². The average molecular weight is 191 g/mol. The first-order valence-electron chi connectivity index (χ1n) is 4.16. The van der Waals surface area contributed by atoms with Gasteiger partial charge in [0.1, 0.15) is 37.3 Å². The topological polar surface area (TPSA) is 105 Å². The lowest BCUT2D eigenvalue weighted by Gasteiger charge is -2.39. The van der Waals surface area contributed by atoms with Crippen molar-refractivity contribution in [1.82, 2.24) is 0 Å². The molecule has 6 nitrogen and oxygen atoms in total. The standard InChI is InChI=1S/C7H13NO5/c8-2-3(9)5(11)7-6(4(2)10)12-1-13-7/h2-7,9-11H,1,8H2/t2-,3+,4-,5-,6+,7-/m0/s1. The largest absolute Gasteiger partial charge is 0.389 e. The van der Waals surface area contributed by atoms with Gasteiger partial charge in [-0.15, -0.1) is 0 Å². The second kappa shape index (κ2) is 3.16. The van der Waals surface area contributed by atoms with Crippen molar-refractivity contribution in [2.24, 2.45) is 5.73 Å². The second-order valence-corrected chi connectivity index (χ2v) is 3.43. The molecule has 6 atom stereocenters. The van der Waals surface area contributed by atoms with Crippen molar-refractivity contribution in [3.05, 3.63) is 0 Å². The lowest BCUT2D eigenvalue weighted by molar-refractivity contribution is -0.143. The highest BCUT2D eigenvalue weighted by Gasteiger charge is 2.51. The number of hydrogen-bond donors (Lipinski definition) is 4. The zero-order chi connectivity index (χ0) is 9.59. The van der Waals surface area contributed by atoms with Crippen LogP contribution in [0.1, 0.15) is 0 Å². The summed E-state index contributed by atoms with van der Waals surface area (Å²) >= 11 is 0. The number of fused-ring (bicyclic) bond motifs is 1. The third kappa shape index (κ3) is 1.26. The lowest BCUT2D eigenvalue weighted by Crippen LogP contribution is -2.65. The van der Waals surface area contributed by atoms with Gasteiger partial charge < -0.3 is 30.5 Å². The van der Waals surface area contributed by atoms with E-state index in [4.69, 9.17) is 15.2 Å². The Morgan fingerprint density at radius 3 is 2.08 bits per heavy atom. The monoisotopic (exact) mass is 191 g/mol. The summed E-state index contributed by atoms with van der Waals surface area (Å²) in [5, 5.41) is 28.4. The molecule has 0 aromatic heterocycles. The molecule has 2 rings (SSSR count). The fourth-order valence-corrected chi connectivity index (χ4v) is 1.82. The van der Waals surface area contributed by atoms with Gasteiger partial charge in [-0.3, -0.25) is 0 Å². The van der Waals surface area contributed by atoms with E-state index < -0.39 is 36.6 Å². The molecule has 0 unspecified atom stereocenters. The van der Waals surface area contributed by atoms with Gasteiger partial charge in [-0.2, -0.15) is 0 Å². The van der Waals surface area contributed by atoms with Gasteiger partial charge in [-0.1, -0.05) is 0 Å². The number of rotatable bonds is 0. The van der Waals surface area contributed by atoms with Gasteiger partial charge in [0, 0.05) is 0 Å². The summed E-state index contributed by atoms with van der Waals surface area (Å²) < 4.78 is 10.0. The Morgan fingerprint density at radius 2 is 1.46 bits per heavy atom. The van der Waals surface area contributed by atoms with Gasteiger partial charge in [0.2, 0.25) is 0 Å². The molecule has 6 heteroatoms. The number of ether oxygens (including phenoxy) is 2. The summed E-state index contributed by atoms with van der Waals surface area (Å²) in [5.74, 6) is 0. The Morgan fingerprint density at radius 1 is 0.923 bits per heavy atom. The van der Waals surface area contributed by atoms with E-state index in [-0.39, 0.29) is 6.79 Å². The first-order chi connectivity index (χ1) is 6.13. The van der Waals surface area contributed by atoms with Gasteiger partial charge in [0.05, 0.1) is 6.04 Å². The molecule has 1 aliphatic heterocycles. The number of aliphatic hydroxyl groups is 3. The zero-order valence-electron chi connectivity index (χ0n) is 6.91. The smallest absolute Gasteiger partial charge is 0.148 e. The van der Waals surface area contributed by atoms with Crippen LogP contribution in [0.2, 0.25) is 0 Å². The zero-order valence-corrected chi connectivity index (χ0v) is 6.91. The van der Waals surface area contributed by atoms with E-state index in [1.54, 1.807) is 0 Å². The first kappa shape index (κ1) is 9.32. The predicted molar refractivity (Wildman–Crippen MR) is 40.6 cm³/mol. The molecule has 0 aromatic rings. The minimum atomic E-state index is -1.17. The maximum Gasteiger partial charge on any atom is 0.148 e. The molecule has 2 fully saturated rings. The van der Waals surface area contributed by atoms with E-state index in [0.29, 0.717) is 0 Å². The molecule has 0 amide bonds. The van der Waals surface area contributed by atoms with Crippen LogP contribution in [0.4, 0.5) is 0 Å². The molecule has 76 valence electrons. The molecule has 2 aliphatic rings. The van der Waals surface area contributed by atoms with Crippen LogP contribution in [0.25, 0.3) is 0 Å². The molecule has 1 aliphatic carbocycles. The summed E-state index contributed by atoms with van der Waals surface area (Å²) in [7, 11) is 0. The SMILES string of the molecule is N[C@H]1[C@@H](O)[C@H](O)[C@@H]2OCO[C@@H]2[C@H]1O. The van der Waals surface area contributed by atoms with Crippen molar-refractivity contribution < 1.29 is 24.8 Å². The predicted octanol–water partition coefficient (Wildman–Crippen LogP) is -2.85. The van der Waals surface area contributed by atoms with Gasteiger partial charge in [-0.25, -0.2) is 0 Å². The lowest BCUT2D eigenvalue weighted by atomic mass is 9.84. The van der Waals surface area contributed by atoms with E-state index in [0.717, 1.165) is 0 Å². The Labute approximate surface area is 74.9 Å². The van der Waals surface area contributed by atoms with Gasteiger partial charge >= 0.3 is 0 Å². The van der Waals surface area contributed by atoms with Crippen LogP contribution in [0.3, 0.4) is 0 Å². The number of hydrogen-bond acceptors (Lipinski definition) is 6. The maximum absolute atomic E-state index is 9.53. The van der Waals surface area contributed by atoms with Crippen molar-refractivity contribution in [2.75, 3.05) is 6.79 Å². The summed E-state index contributed by atoms with van der Waals surface area (Å²) in [6.07, 6.45) is -4.56. The van der Waals surface area contributed by atoms with Crippen molar-refractivity contribution >= 4 is 0 Å². The third-order valence-electron chi connectivity index (χ3n) is 2.66. The van der Waals surface area contributed by atoms with Crippen LogP contribution < -0.4 is 5.73 Å².